The van der Waals surface area contributed by atoms with Crippen molar-refractivity contribution in [1.82, 2.24) is 14.8 Å². The van der Waals surface area contributed by atoms with Crippen molar-refractivity contribution in [3.8, 4) is 17.1 Å². The van der Waals surface area contributed by atoms with Crippen molar-refractivity contribution in [3.05, 3.63) is 64.9 Å². The molecule has 0 aliphatic rings. The number of hydrogen-bond acceptors (Lipinski definition) is 2. The molecule has 1 heterocycles. The van der Waals surface area contributed by atoms with Gasteiger partial charge in [0.25, 0.3) is 0 Å². The predicted octanol–water partition coefficient (Wildman–Crippen LogP) is 5.04. The van der Waals surface area contributed by atoms with Crippen LogP contribution in [0.4, 0.5) is 0 Å². The third kappa shape index (κ3) is 3.12. The number of hydrogen-bond donors (Lipinski definition) is 0. The maximum absolute atomic E-state index is 4.30. The molecule has 0 aliphatic carbocycles. The summed E-state index contributed by atoms with van der Waals surface area (Å²) in [7, 11) is 0. The van der Waals surface area contributed by atoms with E-state index in [1.54, 1.807) is 0 Å². The van der Waals surface area contributed by atoms with Gasteiger partial charge in [0.1, 0.15) is 0 Å². The molecule has 1 aromatic heterocycles. The molecule has 112 valence electrons. The van der Waals surface area contributed by atoms with Crippen LogP contribution in [0.15, 0.2) is 59.3 Å². The van der Waals surface area contributed by atoms with Crippen molar-refractivity contribution >= 4 is 15.9 Å². The topological polar surface area (TPSA) is 30.7 Å². The number of aryl methyl sites for hydroxylation is 1. The Kier molecular flexibility index (Phi) is 4.68. The van der Waals surface area contributed by atoms with Gasteiger partial charge < -0.3 is 0 Å². The van der Waals surface area contributed by atoms with E-state index in [1.807, 2.05) is 34.9 Å². The van der Waals surface area contributed by atoms with Gasteiger partial charge in [0, 0.05) is 11.3 Å². The molecule has 0 spiro atoms. The Hall–Kier alpha value is -1.94. The van der Waals surface area contributed by atoms with Crippen LogP contribution < -0.4 is 0 Å². The van der Waals surface area contributed by atoms with Crippen molar-refractivity contribution in [2.24, 2.45) is 0 Å². The lowest BCUT2D eigenvalue weighted by molar-refractivity contribution is 0.794. The van der Waals surface area contributed by atoms with E-state index in [0.717, 1.165) is 23.5 Å². The van der Waals surface area contributed by atoms with E-state index in [1.165, 1.54) is 18.4 Å². The zero-order valence-electron chi connectivity index (χ0n) is 12.5. The lowest BCUT2D eigenvalue weighted by atomic mass is 10.1. The van der Waals surface area contributed by atoms with Crippen molar-refractivity contribution in [1.29, 1.82) is 0 Å². The Labute approximate surface area is 139 Å². The van der Waals surface area contributed by atoms with Gasteiger partial charge in [-0.15, -0.1) is 10.2 Å². The van der Waals surface area contributed by atoms with E-state index >= 15 is 0 Å². The van der Waals surface area contributed by atoms with Crippen LogP contribution in [0, 0.1) is 0 Å². The van der Waals surface area contributed by atoms with Gasteiger partial charge in [-0.2, -0.15) is 0 Å². The number of rotatable bonds is 5. The maximum Gasteiger partial charge on any atom is 0.205 e. The molecule has 0 amide bonds. The van der Waals surface area contributed by atoms with Gasteiger partial charge in [0.15, 0.2) is 5.82 Å². The fourth-order valence-corrected chi connectivity index (χ4v) is 2.91. The summed E-state index contributed by atoms with van der Waals surface area (Å²) in [6.07, 6.45) is 3.58. The van der Waals surface area contributed by atoms with Crippen LogP contribution in [-0.2, 0) is 6.42 Å². The Balaban J connectivity index is 1.97. The Bertz CT molecular complexity index is 733. The fraction of sp³-hybridized carbons (Fsp3) is 0.222. The molecule has 4 heteroatoms. The van der Waals surface area contributed by atoms with Gasteiger partial charge in [-0.1, -0.05) is 55.8 Å². The second kappa shape index (κ2) is 6.88. The fourth-order valence-electron chi connectivity index (χ4n) is 2.46. The summed E-state index contributed by atoms with van der Waals surface area (Å²) in [4.78, 5) is 0. The first-order valence-corrected chi connectivity index (χ1v) is 8.34. The number of halogens is 1. The zero-order chi connectivity index (χ0) is 15.4. The quantitative estimate of drug-likeness (QED) is 0.641. The molecule has 22 heavy (non-hydrogen) atoms. The van der Waals surface area contributed by atoms with E-state index < -0.39 is 0 Å². The van der Waals surface area contributed by atoms with E-state index in [2.05, 4.69) is 57.3 Å². The summed E-state index contributed by atoms with van der Waals surface area (Å²) in [5.74, 6) is 0.841. The van der Waals surface area contributed by atoms with Gasteiger partial charge in [-0.3, -0.25) is 4.57 Å². The van der Waals surface area contributed by atoms with E-state index in [-0.39, 0.29) is 0 Å². The van der Waals surface area contributed by atoms with Crippen LogP contribution in [0.25, 0.3) is 17.1 Å². The SMILES string of the molecule is CCCCc1ccc(-n2c(Br)nnc2-c2ccccc2)cc1. The molecule has 0 saturated heterocycles. The first-order valence-electron chi connectivity index (χ1n) is 7.55. The zero-order valence-corrected chi connectivity index (χ0v) is 14.1. The van der Waals surface area contributed by atoms with Gasteiger partial charge in [-0.05, 0) is 46.5 Å². The standard InChI is InChI=1S/C18H18BrN3/c1-2-3-7-14-10-12-16(13-11-14)22-17(20-21-18(22)19)15-8-5-4-6-9-15/h4-6,8-13H,2-3,7H2,1H3. The third-order valence-electron chi connectivity index (χ3n) is 3.67. The lowest BCUT2D eigenvalue weighted by Gasteiger charge is -2.09. The smallest absolute Gasteiger partial charge is 0.205 e. The summed E-state index contributed by atoms with van der Waals surface area (Å²) < 4.78 is 2.74. The second-order valence-electron chi connectivity index (χ2n) is 5.26. The first kappa shape index (κ1) is 15.0. The summed E-state index contributed by atoms with van der Waals surface area (Å²) in [5, 5.41) is 8.47. The molecular weight excluding hydrogens is 338 g/mol. The van der Waals surface area contributed by atoms with Crippen LogP contribution in [0.3, 0.4) is 0 Å². The van der Waals surface area contributed by atoms with Gasteiger partial charge in [0.2, 0.25) is 4.73 Å². The van der Waals surface area contributed by atoms with Crippen LogP contribution in [0.5, 0.6) is 0 Å². The molecular formula is C18H18BrN3. The molecule has 0 fully saturated rings. The van der Waals surface area contributed by atoms with Crippen molar-refractivity contribution in [3.63, 3.8) is 0 Å². The van der Waals surface area contributed by atoms with Crippen molar-refractivity contribution in [2.45, 2.75) is 26.2 Å². The number of unbranched alkanes of at least 4 members (excludes halogenated alkanes) is 1. The van der Waals surface area contributed by atoms with Gasteiger partial charge in [-0.25, -0.2) is 0 Å². The second-order valence-corrected chi connectivity index (χ2v) is 5.97. The number of benzene rings is 2. The Morgan fingerprint density at radius 3 is 2.36 bits per heavy atom. The molecule has 3 aromatic rings. The normalized spacial score (nSPS) is 10.8. The predicted molar refractivity (Wildman–Crippen MR) is 93.1 cm³/mol. The first-order chi connectivity index (χ1) is 10.8. The minimum atomic E-state index is 0.715. The Morgan fingerprint density at radius 1 is 0.955 bits per heavy atom. The molecule has 0 bridgehead atoms. The van der Waals surface area contributed by atoms with Crippen molar-refractivity contribution < 1.29 is 0 Å². The average Bonchev–Trinajstić information content (AvgIpc) is 2.96. The third-order valence-corrected chi connectivity index (χ3v) is 4.18. The Morgan fingerprint density at radius 2 is 1.68 bits per heavy atom. The molecule has 0 radical (unpaired) electrons. The van der Waals surface area contributed by atoms with E-state index in [0.29, 0.717) is 4.73 Å². The average molecular weight is 356 g/mol. The summed E-state index contributed by atoms with van der Waals surface area (Å²) >= 11 is 3.50. The minimum absolute atomic E-state index is 0.715. The summed E-state index contributed by atoms with van der Waals surface area (Å²) in [6.45, 7) is 2.22. The number of nitrogens with zero attached hydrogens (tertiary/aromatic N) is 3. The van der Waals surface area contributed by atoms with E-state index in [9.17, 15) is 0 Å². The molecule has 3 rings (SSSR count). The van der Waals surface area contributed by atoms with Crippen molar-refractivity contribution in [2.75, 3.05) is 0 Å². The van der Waals surface area contributed by atoms with Gasteiger partial charge in [0.05, 0.1) is 0 Å². The van der Waals surface area contributed by atoms with E-state index in [4.69, 9.17) is 0 Å². The maximum atomic E-state index is 4.30. The molecule has 0 atom stereocenters. The van der Waals surface area contributed by atoms with Crippen LogP contribution >= 0.6 is 15.9 Å². The van der Waals surface area contributed by atoms with Crippen LogP contribution in [-0.4, -0.2) is 14.8 Å². The molecule has 0 unspecified atom stereocenters. The highest BCUT2D eigenvalue weighted by molar-refractivity contribution is 9.10. The number of aromatic nitrogens is 3. The highest BCUT2D eigenvalue weighted by Gasteiger charge is 2.13. The largest absolute Gasteiger partial charge is 0.270 e. The minimum Gasteiger partial charge on any atom is -0.270 e. The van der Waals surface area contributed by atoms with Crippen LogP contribution in [0.1, 0.15) is 25.3 Å². The lowest BCUT2D eigenvalue weighted by Crippen LogP contribution is -1.98. The summed E-state index contributed by atoms with van der Waals surface area (Å²) in [6, 6.07) is 18.7. The van der Waals surface area contributed by atoms with Crippen LogP contribution in [0.2, 0.25) is 0 Å². The highest BCUT2D eigenvalue weighted by atomic mass is 79.9. The molecule has 3 nitrogen and oxygen atoms in total. The highest BCUT2D eigenvalue weighted by Crippen LogP contribution is 2.25. The van der Waals surface area contributed by atoms with Gasteiger partial charge >= 0.3 is 0 Å². The molecule has 0 N–H and O–H groups in total. The molecule has 0 aliphatic heterocycles. The monoisotopic (exact) mass is 355 g/mol. The molecule has 0 saturated carbocycles. The summed E-state index contributed by atoms with van der Waals surface area (Å²) in [5.41, 5.74) is 3.49. The molecule has 2 aromatic carbocycles.